The molecule has 2 amide bonds. The zero-order chi connectivity index (χ0) is 20.4. The summed E-state index contributed by atoms with van der Waals surface area (Å²) >= 11 is 0. The van der Waals surface area contributed by atoms with E-state index >= 15 is 0 Å². The Morgan fingerprint density at radius 3 is 2.50 bits per heavy atom. The molecule has 0 radical (unpaired) electrons. The number of nitrogens with zero attached hydrogens (tertiary/aromatic N) is 2. The molecule has 2 fully saturated rings. The highest BCUT2D eigenvalue weighted by molar-refractivity contribution is 5.89. The minimum atomic E-state index is -0.618. The van der Waals surface area contributed by atoms with Gasteiger partial charge in [0, 0.05) is 25.4 Å². The molecule has 1 aliphatic carbocycles. The average Bonchev–Trinajstić information content (AvgIpc) is 3.01. The molecule has 1 aromatic rings. The number of amides is 2. The van der Waals surface area contributed by atoms with Gasteiger partial charge in [-0.1, -0.05) is 27.7 Å². The summed E-state index contributed by atoms with van der Waals surface area (Å²) in [5, 5.41) is 2.98. The lowest BCUT2D eigenvalue weighted by atomic mass is 9.82. The molecule has 1 N–H and O–H groups in total. The van der Waals surface area contributed by atoms with Gasteiger partial charge in [0.25, 0.3) is 0 Å². The fraction of sp³-hybridized carbons (Fsp3) is 0.682. The number of hydrogen-bond acceptors (Lipinski definition) is 4. The molecule has 1 saturated heterocycles. The van der Waals surface area contributed by atoms with Crippen molar-refractivity contribution in [3.05, 3.63) is 30.1 Å². The lowest BCUT2D eigenvalue weighted by Crippen LogP contribution is -2.57. The lowest BCUT2D eigenvalue weighted by molar-refractivity contribution is -0.163. The van der Waals surface area contributed by atoms with Crippen LogP contribution in [-0.2, 0) is 20.9 Å². The first kappa shape index (κ1) is 20.8. The van der Waals surface area contributed by atoms with Crippen LogP contribution in [0, 0.1) is 11.3 Å². The summed E-state index contributed by atoms with van der Waals surface area (Å²) in [6.45, 7) is 9.08. The van der Waals surface area contributed by atoms with Crippen molar-refractivity contribution in [2.75, 3.05) is 6.61 Å². The van der Waals surface area contributed by atoms with Crippen molar-refractivity contribution < 1.29 is 14.3 Å². The third kappa shape index (κ3) is 4.72. The third-order valence-electron chi connectivity index (χ3n) is 5.79. The molecule has 2 heterocycles. The highest BCUT2D eigenvalue weighted by Gasteiger charge is 2.53. The molecule has 1 spiro atoms. The lowest BCUT2D eigenvalue weighted by Gasteiger charge is -2.43. The molecule has 1 aliphatic heterocycles. The summed E-state index contributed by atoms with van der Waals surface area (Å²) in [7, 11) is 0. The van der Waals surface area contributed by atoms with E-state index in [2.05, 4.69) is 38.0 Å². The molecule has 28 heavy (non-hydrogen) atoms. The Balaban J connectivity index is 1.76. The topological polar surface area (TPSA) is 71.5 Å². The predicted molar refractivity (Wildman–Crippen MR) is 107 cm³/mol. The van der Waals surface area contributed by atoms with Gasteiger partial charge in [-0.15, -0.1) is 0 Å². The van der Waals surface area contributed by atoms with Crippen LogP contribution >= 0.6 is 0 Å². The molecule has 154 valence electrons. The van der Waals surface area contributed by atoms with E-state index in [9.17, 15) is 9.59 Å². The van der Waals surface area contributed by atoms with Crippen molar-refractivity contribution in [3.8, 4) is 0 Å². The maximum atomic E-state index is 13.3. The van der Waals surface area contributed by atoms with Crippen molar-refractivity contribution in [1.82, 2.24) is 15.2 Å². The first-order chi connectivity index (χ1) is 13.2. The van der Waals surface area contributed by atoms with E-state index in [0.29, 0.717) is 18.9 Å². The molecule has 0 aromatic carbocycles. The number of pyridine rings is 1. The van der Waals surface area contributed by atoms with Crippen LogP contribution in [0.15, 0.2) is 24.5 Å². The van der Waals surface area contributed by atoms with E-state index in [1.165, 1.54) is 0 Å². The largest absolute Gasteiger partial charge is 0.353 e. The second kappa shape index (κ2) is 8.19. The SMILES string of the molecule is CC1CCC2(CC1)OCC(C(=O)NCc1ccncc1)N2C(=O)CC(C)(C)C. The smallest absolute Gasteiger partial charge is 0.245 e. The molecule has 0 bridgehead atoms. The Labute approximate surface area is 168 Å². The fourth-order valence-electron chi connectivity index (χ4n) is 4.20. The van der Waals surface area contributed by atoms with Gasteiger partial charge in [0.05, 0.1) is 6.61 Å². The molecule has 6 nitrogen and oxygen atoms in total. The normalized spacial score (nSPS) is 27.8. The van der Waals surface area contributed by atoms with Gasteiger partial charge in [0.2, 0.25) is 11.8 Å². The Morgan fingerprint density at radius 2 is 1.89 bits per heavy atom. The molecular formula is C22H33N3O3. The minimum Gasteiger partial charge on any atom is -0.353 e. The number of hydrogen-bond donors (Lipinski definition) is 1. The summed E-state index contributed by atoms with van der Waals surface area (Å²) in [5.74, 6) is 0.506. The van der Waals surface area contributed by atoms with Crippen molar-refractivity contribution >= 4 is 11.8 Å². The van der Waals surface area contributed by atoms with E-state index in [1.807, 2.05) is 12.1 Å². The molecule has 3 rings (SSSR count). The fourth-order valence-corrected chi connectivity index (χ4v) is 4.20. The monoisotopic (exact) mass is 387 g/mol. The Bertz CT molecular complexity index is 691. The van der Waals surface area contributed by atoms with Gasteiger partial charge in [0.15, 0.2) is 0 Å². The van der Waals surface area contributed by atoms with Crippen LogP contribution in [0.25, 0.3) is 0 Å². The van der Waals surface area contributed by atoms with Gasteiger partial charge in [-0.25, -0.2) is 0 Å². The van der Waals surface area contributed by atoms with Gasteiger partial charge in [-0.2, -0.15) is 0 Å². The number of ether oxygens (including phenoxy) is 1. The van der Waals surface area contributed by atoms with E-state index in [-0.39, 0.29) is 23.8 Å². The molecular weight excluding hydrogens is 354 g/mol. The standard InChI is InChI=1S/C22H33N3O3/c1-16-5-9-22(10-6-16)25(19(26)13-21(2,3)4)18(15-28-22)20(27)24-14-17-7-11-23-12-8-17/h7-8,11-12,16,18H,5-6,9-10,13-15H2,1-4H3,(H,24,27). The number of rotatable bonds is 4. The van der Waals surface area contributed by atoms with E-state index in [4.69, 9.17) is 4.74 Å². The third-order valence-corrected chi connectivity index (χ3v) is 5.79. The van der Waals surface area contributed by atoms with Gasteiger partial charge in [-0.3, -0.25) is 19.5 Å². The molecule has 1 atom stereocenters. The average molecular weight is 388 g/mol. The summed E-state index contributed by atoms with van der Waals surface area (Å²) in [4.78, 5) is 32.0. The molecule has 1 aromatic heterocycles. The summed E-state index contributed by atoms with van der Waals surface area (Å²) < 4.78 is 6.20. The van der Waals surface area contributed by atoms with Gasteiger partial charge < -0.3 is 10.1 Å². The van der Waals surface area contributed by atoms with Crippen LogP contribution in [0.1, 0.15) is 65.4 Å². The number of carbonyl (C=O) groups is 2. The van der Waals surface area contributed by atoms with Crippen molar-refractivity contribution in [2.45, 2.75) is 78.1 Å². The summed E-state index contributed by atoms with van der Waals surface area (Å²) in [6, 6.07) is 3.18. The van der Waals surface area contributed by atoms with Crippen molar-refractivity contribution in [1.29, 1.82) is 0 Å². The maximum Gasteiger partial charge on any atom is 0.245 e. The molecule has 2 aliphatic rings. The number of carbonyl (C=O) groups excluding carboxylic acids is 2. The van der Waals surface area contributed by atoms with E-state index in [1.54, 1.807) is 17.3 Å². The van der Waals surface area contributed by atoms with Gasteiger partial charge >= 0.3 is 0 Å². The zero-order valence-electron chi connectivity index (χ0n) is 17.5. The second-order valence-electron chi connectivity index (χ2n) is 9.53. The molecule has 1 saturated carbocycles. The van der Waals surface area contributed by atoms with Crippen LogP contribution in [0.2, 0.25) is 0 Å². The summed E-state index contributed by atoms with van der Waals surface area (Å²) in [6.07, 6.45) is 7.46. The minimum absolute atomic E-state index is 0.0172. The first-order valence-electron chi connectivity index (χ1n) is 10.3. The quantitative estimate of drug-likeness (QED) is 0.861. The van der Waals surface area contributed by atoms with E-state index < -0.39 is 11.8 Å². The van der Waals surface area contributed by atoms with Gasteiger partial charge in [-0.05, 0) is 54.7 Å². The molecule has 6 heteroatoms. The van der Waals surface area contributed by atoms with Crippen molar-refractivity contribution in [2.24, 2.45) is 11.3 Å². The first-order valence-corrected chi connectivity index (χ1v) is 10.3. The van der Waals surface area contributed by atoms with Crippen LogP contribution in [0.5, 0.6) is 0 Å². The van der Waals surface area contributed by atoms with Crippen LogP contribution < -0.4 is 5.32 Å². The Morgan fingerprint density at radius 1 is 1.25 bits per heavy atom. The maximum absolute atomic E-state index is 13.3. The van der Waals surface area contributed by atoms with Crippen LogP contribution in [-0.4, -0.2) is 40.1 Å². The van der Waals surface area contributed by atoms with Crippen molar-refractivity contribution in [3.63, 3.8) is 0 Å². The predicted octanol–water partition coefficient (Wildman–Crippen LogP) is 3.27. The second-order valence-corrected chi connectivity index (χ2v) is 9.53. The zero-order valence-corrected chi connectivity index (χ0v) is 17.5. The van der Waals surface area contributed by atoms with Crippen LogP contribution in [0.3, 0.4) is 0 Å². The summed E-state index contributed by atoms with van der Waals surface area (Å²) in [5.41, 5.74) is 0.227. The highest BCUT2D eigenvalue weighted by Crippen LogP contribution is 2.43. The Kier molecular flexibility index (Phi) is 6.08. The number of aromatic nitrogens is 1. The van der Waals surface area contributed by atoms with E-state index in [0.717, 1.165) is 31.2 Å². The highest BCUT2D eigenvalue weighted by atomic mass is 16.5. The van der Waals surface area contributed by atoms with Crippen LogP contribution in [0.4, 0.5) is 0 Å². The van der Waals surface area contributed by atoms with Gasteiger partial charge in [0.1, 0.15) is 11.8 Å². The Hall–Kier alpha value is -1.95. The number of nitrogens with one attached hydrogen (secondary N) is 1. The molecule has 1 unspecified atom stereocenters.